The SMILES string of the molecule is CN(C(N)=NCCN1CCc2ccccc2C1)C1CC1.I. The molecule has 2 N–H and O–H groups in total. The number of fused-ring (bicyclic) bond motifs is 1. The summed E-state index contributed by atoms with van der Waals surface area (Å²) in [6.45, 7) is 3.97. The molecule has 4 nitrogen and oxygen atoms in total. The maximum atomic E-state index is 6.01. The second kappa shape index (κ2) is 7.45. The third kappa shape index (κ3) is 4.32. The van der Waals surface area contributed by atoms with E-state index in [4.69, 9.17) is 5.73 Å². The van der Waals surface area contributed by atoms with Crippen molar-refractivity contribution in [2.24, 2.45) is 10.7 Å². The lowest BCUT2D eigenvalue weighted by atomic mass is 10.0. The number of benzene rings is 1. The van der Waals surface area contributed by atoms with Crippen LogP contribution in [0.5, 0.6) is 0 Å². The number of guanidine groups is 1. The largest absolute Gasteiger partial charge is 0.370 e. The summed E-state index contributed by atoms with van der Waals surface area (Å²) in [5, 5.41) is 0. The van der Waals surface area contributed by atoms with E-state index in [0.717, 1.165) is 32.6 Å². The molecule has 1 aromatic carbocycles. The lowest BCUT2D eigenvalue weighted by molar-refractivity contribution is 0.261. The van der Waals surface area contributed by atoms with Crippen molar-refractivity contribution in [2.75, 3.05) is 26.7 Å². The quantitative estimate of drug-likeness (QED) is 0.478. The topological polar surface area (TPSA) is 44.9 Å². The molecule has 0 unspecified atom stereocenters. The van der Waals surface area contributed by atoms with Crippen LogP contribution in [0, 0.1) is 0 Å². The van der Waals surface area contributed by atoms with Gasteiger partial charge in [-0.05, 0) is 30.4 Å². The Morgan fingerprint density at radius 1 is 1.33 bits per heavy atom. The Morgan fingerprint density at radius 2 is 2.05 bits per heavy atom. The molecule has 0 radical (unpaired) electrons. The molecular formula is C16H25IN4. The molecule has 1 fully saturated rings. The first-order chi connectivity index (χ1) is 9.74. The Hall–Kier alpha value is -0.820. The highest BCUT2D eigenvalue weighted by atomic mass is 127. The molecule has 1 saturated carbocycles. The van der Waals surface area contributed by atoms with Gasteiger partial charge in [0.15, 0.2) is 5.96 Å². The molecule has 2 aliphatic rings. The first kappa shape index (κ1) is 16.5. The lowest BCUT2D eigenvalue weighted by Crippen LogP contribution is -2.37. The van der Waals surface area contributed by atoms with Crippen molar-refractivity contribution in [3.63, 3.8) is 0 Å². The molecule has 1 aromatic rings. The Labute approximate surface area is 144 Å². The predicted molar refractivity (Wildman–Crippen MR) is 98.1 cm³/mol. The van der Waals surface area contributed by atoms with Gasteiger partial charge in [0, 0.05) is 32.7 Å². The summed E-state index contributed by atoms with van der Waals surface area (Å²) in [5.41, 5.74) is 8.97. The van der Waals surface area contributed by atoms with Crippen molar-refractivity contribution in [3.05, 3.63) is 35.4 Å². The molecular weight excluding hydrogens is 375 g/mol. The van der Waals surface area contributed by atoms with Crippen LogP contribution in [0.4, 0.5) is 0 Å². The predicted octanol–water partition coefficient (Wildman–Crippen LogP) is 2.07. The molecule has 0 aromatic heterocycles. The number of rotatable bonds is 4. The molecule has 0 bridgehead atoms. The van der Waals surface area contributed by atoms with Gasteiger partial charge in [-0.25, -0.2) is 0 Å². The van der Waals surface area contributed by atoms with Crippen molar-refractivity contribution in [1.29, 1.82) is 0 Å². The molecule has 116 valence electrons. The number of aliphatic imine (C=N–C) groups is 1. The first-order valence-electron chi connectivity index (χ1n) is 7.56. The zero-order valence-corrected chi connectivity index (χ0v) is 15.0. The molecule has 1 aliphatic carbocycles. The highest BCUT2D eigenvalue weighted by Gasteiger charge is 2.27. The summed E-state index contributed by atoms with van der Waals surface area (Å²) in [5.74, 6) is 0.699. The van der Waals surface area contributed by atoms with Gasteiger partial charge in [0.1, 0.15) is 0 Å². The van der Waals surface area contributed by atoms with Crippen molar-refractivity contribution < 1.29 is 0 Å². The van der Waals surface area contributed by atoms with Crippen LogP contribution in [0.25, 0.3) is 0 Å². The van der Waals surface area contributed by atoms with Crippen LogP contribution in [0.3, 0.4) is 0 Å². The minimum absolute atomic E-state index is 0. The van der Waals surface area contributed by atoms with E-state index in [9.17, 15) is 0 Å². The van der Waals surface area contributed by atoms with Gasteiger partial charge in [-0.3, -0.25) is 9.89 Å². The van der Waals surface area contributed by atoms with Gasteiger partial charge in [-0.1, -0.05) is 24.3 Å². The van der Waals surface area contributed by atoms with E-state index in [1.807, 2.05) is 7.05 Å². The van der Waals surface area contributed by atoms with Gasteiger partial charge < -0.3 is 10.6 Å². The highest BCUT2D eigenvalue weighted by Crippen LogP contribution is 2.24. The zero-order valence-electron chi connectivity index (χ0n) is 12.7. The normalized spacial score (nSPS) is 18.8. The van der Waals surface area contributed by atoms with Crippen LogP contribution in [0.1, 0.15) is 24.0 Å². The lowest BCUT2D eigenvalue weighted by Gasteiger charge is -2.28. The maximum absolute atomic E-state index is 6.01. The van der Waals surface area contributed by atoms with Crippen LogP contribution >= 0.6 is 24.0 Å². The Kier molecular flexibility index (Phi) is 5.87. The number of nitrogens with zero attached hydrogens (tertiary/aromatic N) is 3. The summed E-state index contributed by atoms with van der Waals surface area (Å²) < 4.78 is 0. The number of nitrogens with two attached hydrogens (primary N) is 1. The average molecular weight is 400 g/mol. The fourth-order valence-electron chi connectivity index (χ4n) is 2.81. The second-order valence-electron chi connectivity index (χ2n) is 5.88. The Morgan fingerprint density at radius 3 is 2.76 bits per heavy atom. The van der Waals surface area contributed by atoms with E-state index in [0.29, 0.717) is 12.0 Å². The van der Waals surface area contributed by atoms with E-state index in [1.165, 1.54) is 24.0 Å². The standard InChI is InChI=1S/C16H24N4.HI/c1-19(15-6-7-15)16(17)18-9-11-20-10-8-13-4-2-3-5-14(13)12-20;/h2-5,15H,6-12H2,1H3,(H2,17,18);1H. The van der Waals surface area contributed by atoms with Crippen LogP contribution in [0.2, 0.25) is 0 Å². The maximum Gasteiger partial charge on any atom is 0.191 e. The fourth-order valence-corrected chi connectivity index (χ4v) is 2.81. The van der Waals surface area contributed by atoms with Gasteiger partial charge >= 0.3 is 0 Å². The molecule has 0 amide bonds. The minimum atomic E-state index is 0. The van der Waals surface area contributed by atoms with Crippen LogP contribution < -0.4 is 5.73 Å². The van der Waals surface area contributed by atoms with E-state index >= 15 is 0 Å². The summed E-state index contributed by atoms with van der Waals surface area (Å²) in [7, 11) is 2.05. The highest BCUT2D eigenvalue weighted by molar-refractivity contribution is 14.0. The van der Waals surface area contributed by atoms with Gasteiger partial charge in [-0.15, -0.1) is 24.0 Å². The third-order valence-corrected chi connectivity index (χ3v) is 4.36. The monoisotopic (exact) mass is 400 g/mol. The Bertz CT molecular complexity index is 499. The summed E-state index contributed by atoms with van der Waals surface area (Å²) in [6.07, 6.45) is 3.67. The van der Waals surface area contributed by atoms with E-state index in [1.54, 1.807) is 0 Å². The smallest absolute Gasteiger partial charge is 0.191 e. The summed E-state index contributed by atoms with van der Waals surface area (Å²) >= 11 is 0. The molecule has 0 atom stereocenters. The van der Waals surface area contributed by atoms with Gasteiger partial charge in [0.05, 0.1) is 6.54 Å². The minimum Gasteiger partial charge on any atom is -0.370 e. The Balaban J connectivity index is 0.00000161. The first-order valence-corrected chi connectivity index (χ1v) is 7.56. The molecule has 1 heterocycles. The van der Waals surface area contributed by atoms with Crippen LogP contribution in [0.15, 0.2) is 29.3 Å². The fraction of sp³-hybridized carbons (Fsp3) is 0.562. The molecule has 0 spiro atoms. The molecule has 5 heteroatoms. The molecule has 21 heavy (non-hydrogen) atoms. The van der Waals surface area contributed by atoms with Crippen molar-refractivity contribution >= 4 is 29.9 Å². The third-order valence-electron chi connectivity index (χ3n) is 4.36. The summed E-state index contributed by atoms with van der Waals surface area (Å²) in [6, 6.07) is 9.38. The van der Waals surface area contributed by atoms with Crippen molar-refractivity contribution in [3.8, 4) is 0 Å². The second-order valence-corrected chi connectivity index (χ2v) is 5.88. The molecule has 3 rings (SSSR count). The van der Waals surface area contributed by atoms with Crippen LogP contribution in [-0.4, -0.2) is 48.5 Å². The van der Waals surface area contributed by atoms with Gasteiger partial charge in [0.2, 0.25) is 0 Å². The summed E-state index contributed by atoms with van der Waals surface area (Å²) in [4.78, 5) is 9.10. The van der Waals surface area contributed by atoms with Gasteiger partial charge in [-0.2, -0.15) is 0 Å². The molecule has 0 saturated heterocycles. The van der Waals surface area contributed by atoms with Crippen molar-refractivity contribution in [1.82, 2.24) is 9.80 Å². The number of halogens is 1. The van der Waals surface area contributed by atoms with Gasteiger partial charge in [0.25, 0.3) is 0 Å². The number of hydrogen-bond donors (Lipinski definition) is 1. The molecule has 1 aliphatic heterocycles. The average Bonchev–Trinajstić information content (AvgIpc) is 3.31. The zero-order chi connectivity index (χ0) is 13.9. The van der Waals surface area contributed by atoms with Crippen molar-refractivity contribution in [2.45, 2.75) is 31.8 Å². The van der Waals surface area contributed by atoms with E-state index < -0.39 is 0 Å². The number of hydrogen-bond acceptors (Lipinski definition) is 2. The van der Waals surface area contributed by atoms with E-state index in [-0.39, 0.29) is 24.0 Å². The van der Waals surface area contributed by atoms with E-state index in [2.05, 4.69) is 39.1 Å². The van der Waals surface area contributed by atoms with Crippen LogP contribution in [-0.2, 0) is 13.0 Å².